The number of hydrogen-bond donors (Lipinski definition) is 4. The van der Waals surface area contributed by atoms with Gasteiger partial charge in [0.15, 0.2) is 17.4 Å². The summed E-state index contributed by atoms with van der Waals surface area (Å²) >= 11 is -1.99. The number of alkyl halides is 1. The number of fused-ring (bicyclic) bond motifs is 2. The monoisotopic (exact) mass is 951 g/mol. The zero-order valence-electron chi connectivity index (χ0n) is 37.5. The Morgan fingerprint density at radius 1 is 1.00 bits per heavy atom. The molecule has 19 heteroatoms. The number of anilines is 3. The highest BCUT2D eigenvalue weighted by Gasteiger charge is 2.53. The standard InChI is InChI=1S/C49H52F3N9O6S/c1-53-46(64)41(3-2-18-62)61-23-32-19-35(8-9-36(32)47(61)65)58-16-13-49(66,14-17-58)29-57-25-48(26-57)27-59(28-48)34-6-4-30(5-7-34)31-20-37-38(22-55-45(37)54-21-31)44(63)42-39(51)10-11-40(43(42)52)56-68(67)60-15-12-33(50)24-60/h4-11,18-22,33,41,56,66H,2-3,12-17,23-29H2,1H3,(H,53,64)(H,54,55). The number of nitrogens with one attached hydrogen (secondary N) is 3. The molecule has 0 saturated carbocycles. The van der Waals surface area contributed by atoms with Crippen molar-refractivity contribution in [3.63, 3.8) is 0 Å². The molecular weight excluding hydrogens is 900 g/mol. The van der Waals surface area contributed by atoms with Crippen LogP contribution >= 0.6 is 0 Å². The SMILES string of the molecule is CNC(=O)C(CCC=O)N1Cc2cc(N3CCC(O)(CN4CC5(C4)CN(c4ccc(-c6cnc7[nH]cc(C(=O)c8c(F)ccc(N[S+]([O-])N9CCC(F)C9)c8F)c7c6)cc4)C5)CC3)ccc2C1=O. The van der Waals surface area contributed by atoms with E-state index >= 15 is 8.78 Å². The Morgan fingerprint density at radius 2 is 1.75 bits per heavy atom. The summed E-state index contributed by atoms with van der Waals surface area (Å²) in [6, 6.07) is 16.8. The Morgan fingerprint density at radius 3 is 2.46 bits per heavy atom. The van der Waals surface area contributed by atoms with Gasteiger partial charge in [0.1, 0.15) is 35.7 Å². The Kier molecular flexibility index (Phi) is 12.2. The van der Waals surface area contributed by atoms with E-state index in [9.17, 15) is 33.2 Å². The average Bonchev–Trinajstić information content (AvgIpc) is 4.04. The van der Waals surface area contributed by atoms with E-state index < -0.39 is 52.3 Å². The molecule has 5 aliphatic heterocycles. The molecule has 3 aromatic carbocycles. The normalized spacial score (nSPS) is 20.8. The second-order valence-electron chi connectivity index (χ2n) is 19.0. The number of pyridine rings is 1. The molecule has 0 radical (unpaired) electrons. The molecule has 4 fully saturated rings. The lowest BCUT2D eigenvalue weighted by Gasteiger charge is -2.62. The molecule has 356 valence electrons. The van der Waals surface area contributed by atoms with Gasteiger partial charge in [0.2, 0.25) is 11.7 Å². The fourth-order valence-electron chi connectivity index (χ4n) is 10.7. The number of benzene rings is 3. The number of amides is 2. The van der Waals surface area contributed by atoms with Crippen LogP contribution in [0.15, 0.2) is 73.1 Å². The minimum atomic E-state index is -1.99. The van der Waals surface area contributed by atoms with Crippen molar-refractivity contribution in [2.75, 3.05) is 80.5 Å². The van der Waals surface area contributed by atoms with E-state index in [-0.39, 0.29) is 60.8 Å². The third kappa shape index (κ3) is 8.59. The number of piperidine rings is 1. The molecule has 7 heterocycles. The van der Waals surface area contributed by atoms with Gasteiger partial charge in [0.05, 0.1) is 17.7 Å². The fraction of sp³-hybridized carbons (Fsp3) is 0.408. The minimum absolute atomic E-state index is 0.0197. The number of aliphatic hydroxyl groups is 1. The number of aromatic amines is 1. The predicted molar refractivity (Wildman–Crippen MR) is 251 cm³/mol. The van der Waals surface area contributed by atoms with E-state index in [0.29, 0.717) is 61.2 Å². The number of nitrogens with zero attached hydrogens (tertiary/aromatic N) is 6. The minimum Gasteiger partial charge on any atom is -0.573 e. The second kappa shape index (κ2) is 18.2. The van der Waals surface area contributed by atoms with E-state index in [1.54, 1.807) is 17.2 Å². The van der Waals surface area contributed by atoms with Gasteiger partial charge in [-0.1, -0.05) is 12.1 Å². The molecule has 4 N–H and O–H groups in total. The highest BCUT2D eigenvalue weighted by molar-refractivity contribution is 7.90. The van der Waals surface area contributed by atoms with Crippen molar-refractivity contribution in [3.05, 3.63) is 107 Å². The molecule has 5 aromatic rings. The maximum absolute atomic E-state index is 15.7. The number of rotatable bonds is 15. The number of halogens is 3. The summed E-state index contributed by atoms with van der Waals surface area (Å²) in [4.78, 5) is 66.5. The summed E-state index contributed by atoms with van der Waals surface area (Å²) < 4.78 is 61.1. The van der Waals surface area contributed by atoms with Crippen molar-refractivity contribution in [1.29, 1.82) is 0 Å². The van der Waals surface area contributed by atoms with Crippen LogP contribution in [0.25, 0.3) is 22.2 Å². The number of carbonyl (C=O) groups excluding carboxylic acids is 4. The van der Waals surface area contributed by atoms with Gasteiger partial charge in [-0.2, -0.15) is 4.72 Å². The maximum atomic E-state index is 15.7. The summed E-state index contributed by atoms with van der Waals surface area (Å²) in [6.07, 6.45) is 4.52. The molecule has 2 amide bonds. The zero-order chi connectivity index (χ0) is 47.5. The van der Waals surface area contributed by atoms with E-state index in [2.05, 4.69) is 34.7 Å². The number of aldehydes is 1. The van der Waals surface area contributed by atoms with Crippen LogP contribution in [0.5, 0.6) is 0 Å². The molecule has 1 spiro atoms. The third-order valence-corrected chi connectivity index (χ3v) is 15.5. The van der Waals surface area contributed by atoms with Gasteiger partial charge in [0, 0.05) is 124 Å². The third-order valence-electron chi connectivity index (χ3n) is 14.3. The molecule has 5 aliphatic rings. The van der Waals surface area contributed by atoms with E-state index in [4.69, 9.17) is 0 Å². The number of β-amino-alcohol motifs (C(OH)–C–C–N with tert-alkyl or cyclic N) is 1. The molecule has 0 aliphatic carbocycles. The molecule has 10 rings (SSSR count). The summed E-state index contributed by atoms with van der Waals surface area (Å²) in [7, 11) is 1.53. The molecular formula is C49H52F3N9O6S. The first kappa shape index (κ1) is 45.8. The fourth-order valence-corrected chi connectivity index (χ4v) is 11.7. The van der Waals surface area contributed by atoms with Crippen molar-refractivity contribution in [2.45, 2.75) is 56.5 Å². The number of aromatic nitrogens is 2. The first-order valence-electron chi connectivity index (χ1n) is 23.0. The van der Waals surface area contributed by atoms with Gasteiger partial charge in [0.25, 0.3) is 5.91 Å². The van der Waals surface area contributed by atoms with Gasteiger partial charge in [-0.05, 0) is 85.3 Å². The van der Waals surface area contributed by atoms with E-state index in [1.165, 1.54) is 17.5 Å². The number of carbonyl (C=O) groups is 4. The van der Waals surface area contributed by atoms with Gasteiger partial charge in [-0.25, -0.2) is 18.2 Å². The molecule has 2 aromatic heterocycles. The van der Waals surface area contributed by atoms with Crippen LogP contribution in [0.3, 0.4) is 0 Å². The first-order valence-corrected chi connectivity index (χ1v) is 24.1. The van der Waals surface area contributed by atoms with Crippen LogP contribution < -0.4 is 19.8 Å². The number of hydrogen-bond acceptors (Lipinski definition) is 12. The smallest absolute Gasteiger partial charge is 0.255 e. The molecule has 4 saturated heterocycles. The number of likely N-dealkylation sites (tertiary alicyclic amines) is 1. The van der Waals surface area contributed by atoms with Crippen molar-refractivity contribution in [3.8, 4) is 11.1 Å². The number of ketones is 1. The molecule has 3 atom stereocenters. The van der Waals surface area contributed by atoms with Crippen molar-refractivity contribution in [2.24, 2.45) is 5.41 Å². The van der Waals surface area contributed by atoms with Gasteiger partial charge >= 0.3 is 0 Å². The summed E-state index contributed by atoms with van der Waals surface area (Å²) in [6.45, 7) is 5.98. The summed E-state index contributed by atoms with van der Waals surface area (Å²) in [5, 5.41) is 14.7. The van der Waals surface area contributed by atoms with Crippen LogP contribution in [-0.4, -0.2) is 141 Å². The largest absolute Gasteiger partial charge is 0.573 e. The van der Waals surface area contributed by atoms with Gasteiger partial charge in [-0.3, -0.25) is 19.3 Å². The van der Waals surface area contributed by atoms with Crippen LogP contribution in [0.2, 0.25) is 0 Å². The molecule has 3 unspecified atom stereocenters. The van der Waals surface area contributed by atoms with Gasteiger partial charge in [-0.15, -0.1) is 4.31 Å². The summed E-state index contributed by atoms with van der Waals surface area (Å²) in [5.74, 6) is -3.69. The van der Waals surface area contributed by atoms with Gasteiger partial charge < -0.3 is 39.5 Å². The molecule has 0 bridgehead atoms. The van der Waals surface area contributed by atoms with Crippen LogP contribution in [0.4, 0.5) is 30.2 Å². The second-order valence-corrected chi connectivity index (χ2v) is 20.2. The van der Waals surface area contributed by atoms with Crippen molar-refractivity contribution in [1.82, 2.24) is 29.4 Å². The Bertz CT molecular complexity index is 2770. The van der Waals surface area contributed by atoms with Crippen molar-refractivity contribution < 1.29 is 42.0 Å². The Hall–Kier alpha value is -5.99. The lowest BCUT2D eigenvalue weighted by Crippen LogP contribution is -2.73. The molecule has 15 nitrogen and oxygen atoms in total. The Labute approximate surface area is 394 Å². The van der Waals surface area contributed by atoms with Crippen LogP contribution in [0.1, 0.15) is 63.9 Å². The van der Waals surface area contributed by atoms with E-state index in [1.807, 2.05) is 42.5 Å². The first-order chi connectivity index (χ1) is 32.7. The molecule has 68 heavy (non-hydrogen) atoms. The summed E-state index contributed by atoms with van der Waals surface area (Å²) in [5.41, 5.74) is 3.61. The van der Waals surface area contributed by atoms with E-state index in [0.717, 1.165) is 67.1 Å². The van der Waals surface area contributed by atoms with Crippen molar-refractivity contribution >= 4 is 63.5 Å². The quantitative estimate of drug-likeness (QED) is 0.0630. The highest BCUT2D eigenvalue weighted by Crippen LogP contribution is 2.44. The Balaban J connectivity index is 0.718. The maximum Gasteiger partial charge on any atom is 0.255 e. The lowest BCUT2D eigenvalue weighted by atomic mass is 9.71. The van der Waals surface area contributed by atoms with Crippen LogP contribution in [0, 0.1) is 17.0 Å². The average molecular weight is 952 g/mol. The number of likely N-dealkylation sites (N-methyl/N-ethyl adjacent to an activating group) is 1. The zero-order valence-corrected chi connectivity index (χ0v) is 38.3. The lowest BCUT2D eigenvalue weighted by molar-refractivity contribution is -0.125. The topological polar surface area (TPSA) is 181 Å². The number of H-pyrrole nitrogens is 1. The highest BCUT2D eigenvalue weighted by atomic mass is 32.2. The predicted octanol–water partition coefficient (Wildman–Crippen LogP) is 4.98. The van der Waals surface area contributed by atoms with Crippen LogP contribution in [-0.2, 0) is 27.7 Å².